The largest absolute Gasteiger partial charge is 0.495 e. The zero-order valence-electron chi connectivity index (χ0n) is 14.0. The molecule has 0 bridgehead atoms. The number of benzene rings is 1. The average molecular weight is 319 g/mol. The van der Waals surface area contributed by atoms with E-state index < -0.39 is 18.3 Å². The highest BCUT2D eigenvalue weighted by Gasteiger charge is 2.52. The molecule has 0 amide bonds. The highest BCUT2D eigenvalue weighted by atomic mass is 32.1. The first kappa shape index (κ1) is 17.2. The van der Waals surface area contributed by atoms with Crippen LogP contribution in [-0.2, 0) is 15.9 Å². The van der Waals surface area contributed by atoms with Crippen LogP contribution >= 0.6 is 12.6 Å². The number of hydrogen-bond donors (Lipinski definition) is 1. The summed E-state index contributed by atoms with van der Waals surface area (Å²) in [4.78, 5) is 3.72. The van der Waals surface area contributed by atoms with Gasteiger partial charge in [-0.1, -0.05) is 11.2 Å². The number of hydrogen-bond acceptors (Lipinski definition) is 4. The van der Waals surface area contributed by atoms with E-state index in [0.717, 1.165) is 27.0 Å². The maximum atomic E-state index is 8.55. The molecule has 0 radical (unpaired) electrons. The van der Waals surface area contributed by atoms with Crippen LogP contribution in [0.15, 0.2) is 16.1 Å². The maximum Gasteiger partial charge on any atom is 0.495 e. The third kappa shape index (κ3) is 2.86. The Morgan fingerprint density at radius 3 is 2.23 bits per heavy atom. The fraction of sp³-hybridized carbons (Fsp3) is 0.600. The van der Waals surface area contributed by atoms with Crippen molar-refractivity contribution in [3.8, 4) is 0 Å². The molecular formula is C15H22BN3O2S. The van der Waals surface area contributed by atoms with Crippen LogP contribution in [0.25, 0.3) is 10.4 Å². The van der Waals surface area contributed by atoms with Crippen molar-refractivity contribution >= 4 is 25.2 Å². The van der Waals surface area contributed by atoms with Gasteiger partial charge in [-0.2, -0.15) is 0 Å². The molecule has 1 aliphatic rings. The Hall–Kier alpha value is -1.14. The van der Waals surface area contributed by atoms with E-state index in [0.29, 0.717) is 6.54 Å². The van der Waals surface area contributed by atoms with E-state index in [9.17, 15) is 0 Å². The normalized spacial score (nSPS) is 19.1. The van der Waals surface area contributed by atoms with Crippen molar-refractivity contribution in [2.75, 3.05) is 0 Å². The van der Waals surface area contributed by atoms with Gasteiger partial charge in [-0.25, -0.2) is 0 Å². The molecule has 1 heterocycles. The summed E-state index contributed by atoms with van der Waals surface area (Å²) in [6.45, 7) is 12.4. The van der Waals surface area contributed by atoms with E-state index in [4.69, 9.17) is 14.8 Å². The summed E-state index contributed by atoms with van der Waals surface area (Å²) in [6.07, 6.45) is 0. The highest BCUT2D eigenvalue weighted by molar-refractivity contribution is 7.80. The predicted octanol–water partition coefficient (Wildman–Crippen LogP) is 3.70. The summed E-state index contributed by atoms with van der Waals surface area (Å²) in [7, 11) is -0.443. The monoisotopic (exact) mass is 319 g/mol. The molecule has 0 aliphatic carbocycles. The number of azide groups is 1. The SMILES string of the molecule is Cc1c(CN=[N+]=[N-])cc(B2OC(C)(C)C(C)(C)O2)c(C)c1S. The summed E-state index contributed by atoms with van der Waals surface area (Å²) in [5.74, 6) is 0. The molecule has 1 aromatic rings. The first-order chi connectivity index (χ1) is 10.1. The Balaban J connectivity index is 2.48. The van der Waals surface area contributed by atoms with E-state index >= 15 is 0 Å². The van der Waals surface area contributed by atoms with Crippen LogP contribution in [0.3, 0.4) is 0 Å². The van der Waals surface area contributed by atoms with Gasteiger partial charge in [0.15, 0.2) is 0 Å². The second-order valence-electron chi connectivity index (χ2n) is 6.70. The molecule has 7 heteroatoms. The van der Waals surface area contributed by atoms with Gasteiger partial charge in [-0.3, -0.25) is 0 Å². The Morgan fingerprint density at radius 1 is 1.18 bits per heavy atom. The molecule has 1 saturated heterocycles. The van der Waals surface area contributed by atoms with E-state index in [-0.39, 0.29) is 0 Å². The second kappa shape index (κ2) is 5.82. The number of rotatable bonds is 3. The second-order valence-corrected chi connectivity index (χ2v) is 7.15. The van der Waals surface area contributed by atoms with Gasteiger partial charge in [0.05, 0.1) is 17.7 Å². The average Bonchev–Trinajstić information content (AvgIpc) is 2.64. The van der Waals surface area contributed by atoms with Crippen LogP contribution in [0.1, 0.15) is 44.4 Å². The van der Waals surface area contributed by atoms with Crippen molar-refractivity contribution in [2.24, 2.45) is 5.11 Å². The van der Waals surface area contributed by atoms with Crippen LogP contribution in [-0.4, -0.2) is 18.3 Å². The van der Waals surface area contributed by atoms with Gasteiger partial charge in [0.1, 0.15) is 0 Å². The first-order valence-electron chi connectivity index (χ1n) is 7.29. The minimum atomic E-state index is -0.443. The molecule has 0 aromatic heterocycles. The Kier molecular flexibility index (Phi) is 4.55. The van der Waals surface area contributed by atoms with Crippen LogP contribution in [0.5, 0.6) is 0 Å². The molecule has 5 nitrogen and oxygen atoms in total. The molecule has 0 unspecified atom stereocenters. The third-order valence-corrected chi connectivity index (χ3v) is 5.44. The van der Waals surface area contributed by atoms with Crippen molar-refractivity contribution in [1.82, 2.24) is 0 Å². The molecule has 0 saturated carbocycles. The number of thiol groups is 1. The highest BCUT2D eigenvalue weighted by Crippen LogP contribution is 2.37. The summed E-state index contributed by atoms with van der Waals surface area (Å²) in [5.41, 5.74) is 11.7. The van der Waals surface area contributed by atoms with Gasteiger partial charge in [0.25, 0.3) is 0 Å². The van der Waals surface area contributed by atoms with E-state index in [1.165, 1.54) is 0 Å². The van der Waals surface area contributed by atoms with Gasteiger partial charge in [0.2, 0.25) is 0 Å². The predicted molar refractivity (Wildman–Crippen MR) is 91.7 cm³/mol. The van der Waals surface area contributed by atoms with Crippen molar-refractivity contribution in [3.05, 3.63) is 33.2 Å². The smallest absolute Gasteiger partial charge is 0.399 e. The summed E-state index contributed by atoms with van der Waals surface area (Å²) in [5, 5.41) is 3.66. The first-order valence-corrected chi connectivity index (χ1v) is 7.74. The molecule has 118 valence electrons. The lowest BCUT2D eigenvalue weighted by Crippen LogP contribution is -2.41. The van der Waals surface area contributed by atoms with Crippen LogP contribution < -0.4 is 5.46 Å². The Labute approximate surface area is 137 Å². The fourth-order valence-electron chi connectivity index (χ4n) is 2.46. The van der Waals surface area contributed by atoms with Crippen molar-refractivity contribution in [2.45, 2.75) is 64.2 Å². The molecule has 1 fully saturated rings. The molecule has 0 N–H and O–H groups in total. The molecule has 0 atom stereocenters. The van der Waals surface area contributed by atoms with Crippen LogP contribution in [0.4, 0.5) is 0 Å². The van der Waals surface area contributed by atoms with Crippen molar-refractivity contribution in [1.29, 1.82) is 0 Å². The van der Waals surface area contributed by atoms with Gasteiger partial charge in [-0.05, 0) is 69.2 Å². The van der Waals surface area contributed by atoms with E-state index in [1.807, 2.05) is 47.6 Å². The molecular weight excluding hydrogens is 297 g/mol. The van der Waals surface area contributed by atoms with Gasteiger partial charge in [0, 0.05) is 9.81 Å². The van der Waals surface area contributed by atoms with Crippen LogP contribution in [0.2, 0.25) is 0 Å². The molecule has 22 heavy (non-hydrogen) atoms. The fourth-order valence-corrected chi connectivity index (χ4v) is 2.73. The summed E-state index contributed by atoms with van der Waals surface area (Å²) < 4.78 is 12.3. The lowest BCUT2D eigenvalue weighted by Gasteiger charge is -2.32. The third-order valence-electron chi connectivity index (χ3n) is 4.77. The standard InChI is InChI=1S/C15H22BN3O2S/c1-9-11(8-18-19-17)7-12(10(2)13(9)22)16-20-14(3,4)15(5,6)21-16/h7,22H,8H2,1-6H3. The minimum Gasteiger partial charge on any atom is -0.399 e. The quantitative estimate of drug-likeness (QED) is 0.303. The van der Waals surface area contributed by atoms with E-state index in [2.05, 4.69) is 22.7 Å². The number of nitrogens with zero attached hydrogens (tertiary/aromatic N) is 3. The molecule has 0 spiro atoms. The van der Waals surface area contributed by atoms with E-state index in [1.54, 1.807) is 0 Å². The molecule has 1 aromatic carbocycles. The van der Waals surface area contributed by atoms with Gasteiger partial charge in [-0.15, -0.1) is 12.6 Å². The molecule has 1 aliphatic heterocycles. The minimum absolute atomic E-state index is 0.294. The summed E-state index contributed by atoms with van der Waals surface area (Å²) >= 11 is 4.61. The lowest BCUT2D eigenvalue weighted by atomic mass is 9.74. The summed E-state index contributed by atoms with van der Waals surface area (Å²) in [6, 6.07) is 2.00. The van der Waals surface area contributed by atoms with Crippen molar-refractivity contribution in [3.63, 3.8) is 0 Å². The zero-order valence-corrected chi connectivity index (χ0v) is 14.9. The van der Waals surface area contributed by atoms with Gasteiger partial charge >= 0.3 is 7.12 Å². The Bertz CT molecular complexity index is 639. The van der Waals surface area contributed by atoms with Gasteiger partial charge < -0.3 is 9.31 Å². The maximum absolute atomic E-state index is 8.55. The van der Waals surface area contributed by atoms with Crippen molar-refractivity contribution < 1.29 is 9.31 Å². The van der Waals surface area contributed by atoms with Crippen LogP contribution in [0, 0.1) is 13.8 Å². The molecule has 2 rings (SSSR count). The lowest BCUT2D eigenvalue weighted by molar-refractivity contribution is 0.00578. The topological polar surface area (TPSA) is 67.2 Å². The zero-order chi connectivity index (χ0) is 16.7. The Morgan fingerprint density at radius 2 is 1.73 bits per heavy atom.